The number of anilines is 1. The topological polar surface area (TPSA) is 66.3 Å². The van der Waals surface area contributed by atoms with E-state index in [1.165, 1.54) is 0 Å². The van der Waals surface area contributed by atoms with Crippen molar-refractivity contribution in [3.8, 4) is 0 Å². The molecule has 0 radical (unpaired) electrons. The number of aromatic nitrogens is 2. The van der Waals surface area contributed by atoms with Gasteiger partial charge in [0, 0.05) is 12.6 Å². The van der Waals surface area contributed by atoms with Crippen LogP contribution in [0.4, 0.5) is 5.82 Å². The zero-order valence-electron chi connectivity index (χ0n) is 10.8. The van der Waals surface area contributed by atoms with Crippen LogP contribution in [0.5, 0.6) is 0 Å². The van der Waals surface area contributed by atoms with Gasteiger partial charge in [-0.25, -0.2) is 0 Å². The third-order valence-corrected chi connectivity index (χ3v) is 3.34. The number of carboxylic acid groups (broad SMARTS) is 1. The highest BCUT2D eigenvalue weighted by Crippen LogP contribution is 2.25. The molecule has 1 fully saturated rings. The Kier molecular flexibility index (Phi) is 3.79. The fraction of sp³-hybridized carbons (Fsp3) is 0.615. The molecule has 0 amide bonds. The average molecular weight is 249 g/mol. The third kappa shape index (κ3) is 2.78. The summed E-state index contributed by atoms with van der Waals surface area (Å²) < 4.78 is 0. The summed E-state index contributed by atoms with van der Waals surface area (Å²) in [7, 11) is 0. The molecule has 1 saturated heterocycles. The Labute approximate surface area is 107 Å². The summed E-state index contributed by atoms with van der Waals surface area (Å²) in [5.74, 6) is 0.404. The van der Waals surface area contributed by atoms with Gasteiger partial charge in [0.25, 0.3) is 0 Å². The maximum absolute atomic E-state index is 10.8. The van der Waals surface area contributed by atoms with Gasteiger partial charge in [-0.3, -0.25) is 4.79 Å². The zero-order valence-corrected chi connectivity index (χ0v) is 10.8. The van der Waals surface area contributed by atoms with Crippen LogP contribution in [-0.4, -0.2) is 33.9 Å². The fourth-order valence-electron chi connectivity index (χ4n) is 2.35. The summed E-state index contributed by atoms with van der Waals surface area (Å²) in [6.45, 7) is 5.02. The second-order valence-corrected chi connectivity index (χ2v) is 5.06. The second-order valence-electron chi connectivity index (χ2n) is 5.06. The first kappa shape index (κ1) is 12.8. The Hall–Kier alpha value is -1.65. The highest BCUT2D eigenvalue weighted by Gasteiger charge is 2.27. The minimum atomic E-state index is -0.751. The molecule has 0 spiro atoms. The van der Waals surface area contributed by atoms with Gasteiger partial charge in [0.1, 0.15) is 0 Å². The van der Waals surface area contributed by atoms with E-state index in [0.29, 0.717) is 5.92 Å². The monoisotopic (exact) mass is 249 g/mol. The van der Waals surface area contributed by atoms with Gasteiger partial charge in [-0.15, -0.1) is 5.10 Å². The first-order valence-electron chi connectivity index (χ1n) is 6.40. The molecule has 0 aliphatic carbocycles. The normalized spacial score (nSPS) is 19.5. The maximum atomic E-state index is 10.8. The van der Waals surface area contributed by atoms with Gasteiger partial charge in [0.2, 0.25) is 0 Å². The molecule has 0 bridgehead atoms. The minimum absolute atomic E-state index is 0.0571. The molecule has 1 N–H and O–H groups in total. The molecule has 5 heteroatoms. The van der Waals surface area contributed by atoms with Crippen LogP contribution < -0.4 is 4.90 Å². The van der Waals surface area contributed by atoms with Gasteiger partial charge in [-0.2, -0.15) is 5.10 Å². The van der Waals surface area contributed by atoms with Crippen molar-refractivity contribution in [2.24, 2.45) is 0 Å². The van der Waals surface area contributed by atoms with E-state index in [9.17, 15) is 4.79 Å². The summed E-state index contributed by atoms with van der Waals surface area (Å²) in [6.07, 6.45) is 2.11. The number of hydrogen-bond acceptors (Lipinski definition) is 4. The summed E-state index contributed by atoms with van der Waals surface area (Å²) >= 11 is 0. The average Bonchev–Trinajstić information content (AvgIpc) is 2.76. The highest BCUT2D eigenvalue weighted by atomic mass is 16.4. The number of carbonyl (C=O) groups is 1. The first-order chi connectivity index (χ1) is 8.58. The first-order valence-corrected chi connectivity index (χ1v) is 6.40. The molecular weight excluding hydrogens is 230 g/mol. The second kappa shape index (κ2) is 5.33. The van der Waals surface area contributed by atoms with E-state index in [0.717, 1.165) is 30.9 Å². The molecule has 0 aromatic carbocycles. The van der Waals surface area contributed by atoms with Gasteiger partial charge in [0.05, 0.1) is 12.1 Å². The number of aliphatic carboxylic acids is 1. The van der Waals surface area contributed by atoms with Crippen molar-refractivity contribution in [3.05, 3.63) is 17.8 Å². The van der Waals surface area contributed by atoms with Crippen molar-refractivity contribution in [2.45, 2.75) is 45.1 Å². The number of carboxylic acids is 1. The Morgan fingerprint density at radius 3 is 2.83 bits per heavy atom. The van der Waals surface area contributed by atoms with Gasteiger partial charge < -0.3 is 10.0 Å². The van der Waals surface area contributed by atoms with Crippen LogP contribution in [0.1, 0.15) is 44.7 Å². The van der Waals surface area contributed by atoms with Gasteiger partial charge in [-0.1, -0.05) is 13.8 Å². The Morgan fingerprint density at radius 2 is 2.28 bits per heavy atom. The lowest BCUT2D eigenvalue weighted by molar-refractivity contribution is -0.137. The molecule has 1 atom stereocenters. The van der Waals surface area contributed by atoms with Crippen molar-refractivity contribution < 1.29 is 9.90 Å². The molecule has 2 rings (SSSR count). The third-order valence-electron chi connectivity index (χ3n) is 3.34. The van der Waals surface area contributed by atoms with Crippen molar-refractivity contribution in [2.75, 3.05) is 11.4 Å². The van der Waals surface area contributed by atoms with Crippen LogP contribution in [0.15, 0.2) is 12.1 Å². The fourth-order valence-corrected chi connectivity index (χ4v) is 2.35. The number of rotatable bonds is 4. The predicted molar refractivity (Wildman–Crippen MR) is 68.7 cm³/mol. The van der Waals surface area contributed by atoms with Crippen molar-refractivity contribution in [3.63, 3.8) is 0 Å². The van der Waals surface area contributed by atoms with E-state index in [4.69, 9.17) is 5.11 Å². The predicted octanol–water partition coefficient (Wildman–Crippen LogP) is 2.04. The van der Waals surface area contributed by atoms with Crippen LogP contribution in [0.3, 0.4) is 0 Å². The molecule has 2 heterocycles. The van der Waals surface area contributed by atoms with Crippen molar-refractivity contribution in [1.29, 1.82) is 0 Å². The molecule has 98 valence electrons. The SMILES string of the molecule is CC(C)c1ccc(N2CCCC2CC(=O)O)nn1. The number of hydrogen-bond donors (Lipinski definition) is 1. The number of nitrogens with zero attached hydrogens (tertiary/aromatic N) is 3. The molecule has 0 saturated carbocycles. The lowest BCUT2D eigenvalue weighted by atomic mass is 10.1. The van der Waals surface area contributed by atoms with E-state index >= 15 is 0 Å². The minimum Gasteiger partial charge on any atom is -0.481 e. The van der Waals surface area contributed by atoms with E-state index in [2.05, 4.69) is 28.9 Å². The quantitative estimate of drug-likeness (QED) is 0.884. The molecule has 1 aliphatic rings. The molecule has 1 aromatic heterocycles. The maximum Gasteiger partial charge on any atom is 0.305 e. The molecule has 1 aliphatic heterocycles. The molecule has 18 heavy (non-hydrogen) atoms. The summed E-state index contributed by atoms with van der Waals surface area (Å²) in [5, 5.41) is 17.3. The van der Waals surface area contributed by atoms with Crippen LogP contribution in [0.25, 0.3) is 0 Å². The molecule has 1 unspecified atom stereocenters. The van der Waals surface area contributed by atoms with Crippen molar-refractivity contribution >= 4 is 11.8 Å². The smallest absolute Gasteiger partial charge is 0.305 e. The standard InChI is InChI=1S/C13H19N3O2/c1-9(2)11-5-6-12(15-14-11)16-7-3-4-10(16)8-13(17)18/h5-6,9-10H,3-4,7-8H2,1-2H3,(H,17,18). The zero-order chi connectivity index (χ0) is 13.1. The summed E-state index contributed by atoms with van der Waals surface area (Å²) in [4.78, 5) is 12.9. The van der Waals surface area contributed by atoms with Crippen LogP contribution in [0.2, 0.25) is 0 Å². The van der Waals surface area contributed by atoms with E-state index in [1.54, 1.807) is 0 Å². The van der Waals surface area contributed by atoms with Crippen LogP contribution in [-0.2, 0) is 4.79 Å². The lowest BCUT2D eigenvalue weighted by Crippen LogP contribution is -2.32. The van der Waals surface area contributed by atoms with Crippen LogP contribution in [0, 0.1) is 0 Å². The summed E-state index contributed by atoms with van der Waals surface area (Å²) in [6, 6.07) is 3.98. The Bertz CT molecular complexity index is 417. The van der Waals surface area contributed by atoms with E-state index in [1.807, 2.05) is 12.1 Å². The Balaban J connectivity index is 2.12. The molecular formula is C13H19N3O2. The molecule has 1 aromatic rings. The van der Waals surface area contributed by atoms with Gasteiger partial charge in [-0.05, 0) is 30.9 Å². The van der Waals surface area contributed by atoms with E-state index in [-0.39, 0.29) is 12.5 Å². The van der Waals surface area contributed by atoms with E-state index < -0.39 is 5.97 Å². The molecule has 5 nitrogen and oxygen atoms in total. The van der Waals surface area contributed by atoms with Gasteiger partial charge >= 0.3 is 5.97 Å². The largest absolute Gasteiger partial charge is 0.481 e. The van der Waals surface area contributed by atoms with Gasteiger partial charge in [0.15, 0.2) is 5.82 Å². The van der Waals surface area contributed by atoms with Crippen LogP contribution >= 0.6 is 0 Å². The summed E-state index contributed by atoms with van der Waals surface area (Å²) in [5.41, 5.74) is 0.965. The van der Waals surface area contributed by atoms with Crippen molar-refractivity contribution in [1.82, 2.24) is 10.2 Å². The lowest BCUT2D eigenvalue weighted by Gasteiger charge is -2.24. The highest BCUT2D eigenvalue weighted by molar-refractivity contribution is 5.68. The Morgan fingerprint density at radius 1 is 1.50 bits per heavy atom.